The van der Waals surface area contributed by atoms with Gasteiger partial charge in [0.25, 0.3) is 5.91 Å². The molecule has 0 aliphatic carbocycles. The van der Waals surface area contributed by atoms with Crippen molar-refractivity contribution < 1.29 is 9.18 Å². The standard InChI is InChI=1S/C16H26FN3O/c1-4-8-18-15-14(10-13(17)11-20-15)16(21)19-9-6-5-7-12(2)3/h10-12H,4-9H2,1-3H3,(H,18,20)(H,19,21). The Balaban J connectivity index is 2.53. The number of nitrogens with zero attached hydrogens (tertiary/aromatic N) is 1. The molecule has 21 heavy (non-hydrogen) atoms. The Bertz CT molecular complexity index is 449. The van der Waals surface area contributed by atoms with E-state index in [1.165, 1.54) is 6.07 Å². The maximum Gasteiger partial charge on any atom is 0.255 e. The Morgan fingerprint density at radius 1 is 1.33 bits per heavy atom. The summed E-state index contributed by atoms with van der Waals surface area (Å²) in [5, 5.41) is 5.88. The molecule has 0 atom stereocenters. The third-order valence-corrected chi connectivity index (χ3v) is 3.14. The number of unbranched alkanes of at least 4 members (excludes halogenated alkanes) is 1. The Morgan fingerprint density at radius 3 is 2.76 bits per heavy atom. The van der Waals surface area contributed by atoms with Crippen molar-refractivity contribution in [3.05, 3.63) is 23.6 Å². The first-order valence-corrected chi connectivity index (χ1v) is 7.72. The van der Waals surface area contributed by atoms with E-state index in [2.05, 4.69) is 29.5 Å². The molecule has 4 nitrogen and oxygen atoms in total. The van der Waals surface area contributed by atoms with E-state index in [9.17, 15) is 9.18 Å². The number of carbonyl (C=O) groups excluding carboxylic acids is 1. The third kappa shape index (κ3) is 6.56. The first kappa shape index (κ1) is 17.4. The average molecular weight is 295 g/mol. The quantitative estimate of drug-likeness (QED) is 0.684. The maximum atomic E-state index is 13.3. The molecule has 0 unspecified atom stereocenters. The van der Waals surface area contributed by atoms with Crippen molar-refractivity contribution in [2.24, 2.45) is 5.92 Å². The lowest BCUT2D eigenvalue weighted by atomic mass is 10.1. The minimum Gasteiger partial charge on any atom is -0.369 e. The largest absolute Gasteiger partial charge is 0.369 e. The molecule has 0 saturated carbocycles. The summed E-state index contributed by atoms with van der Waals surface area (Å²) in [5.41, 5.74) is 0.271. The van der Waals surface area contributed by atoms with Crippen LogP contribution in [0.5, 0.6) is 0 Å². The first-order chi connectivity index (χ1) is 10.0. The predicted octanol–water partition coefficient (Wildman–Crippen LogP) is 3.60. The van der Waals surface area contributed by atoms with Crippen molar-refractivity contribution in [3.63, 3.8) is 0 Å². The fraction of sp³-hybridized carbons (Fsp3) is 0.625. The molecule has 1 aromatic heterocycles. The van der Waals surface area contributed by atoms with Crippen LogP contribution in [-0.4, -0.2) is 24.0 Å². The first-order valence-electron chi connectivity index (χ1n) is 7.72. The molecule has 0 radical (unpaired) electrons. The van der Waals surface area contributed by atoms with Crippen molar-refractivity contribution in [2.75, 3.05) is 18.4 Å². The summed E-state index contributed by atoms with van der Waals surface area (Å²) in [6.45, 7) is 7.69. The van der Waals surface area contributed by atoms with E-state index in [-0.39, 0.29) is 11.5 Å². The number of carbonyl (C=O) groups is 1. The van der Waals surface area contributed by atoms with E-state index in [4.69, 9.17) is 0 Å². The zero-order chi connectivity index (χ0) is 15.7. The van der Waals surface area contributed by atoms with Gasteiger partial charge in [-0.05, 0) is 24.8 Å². The van der Waals surface area contributed by atoms with Crippen LogP contribution < -0.4 is 10.6 Å². The van der Waals surface area contributed by atoms with Gasteiger partial charge in [0.05, 0.1) is 11.8 Å². The highest BCUT2D eigenvalue weighted by molar-refractivity contribution is 5.98. The average Bonchev–Trinajstić information content (AvgIpc) is 2.45. The van der Waals surface area contributed by atoms with Crippen LogP contribution in [0.1, 0.15) is 56.8 Å². The summed E-state index contributed by atoms with van der Waals surface area (Å²) >= 11 is 0. The third-order valence-electron chi connectivity index (χ3n) is 3.14. The minimum absolute atomic E-state index is 0.271. The Hall–Kier alpha value is -1.65. The van der Waals surface area contributed by atoms with Gasteiger partial charge >= 0.3 is 0 Å². The molecule has 2 N–H and O–H groups in total. The monoisotopic (exact) mass is 295 g/mol. The Labute approximate surface area is 126 Å². The fourth-order valence-electron chi connectivity index (χ4n) is 1.97. The lowest BCUT2D eigenvalue weighted by molar-refractivity contribution is 0.0953. The van der Waals surface area contributed by atoms with E-state index in [1.54, 1.807) is 0 Å². The van der Waals surface area contributed by atoms with Crippen LogP contribution in [0.2, 0.25) is 0 Å². The fourth-order valence-corrected chi connectivity index (χ4v) is 1.97. The smallest absolute Gasteiger partial charge is 0.255 e. The van der Waals surface area contributed by atoms with E-state index >= 15 is 0 Å². The second kappa shape index (κ2) is 9.32. The topological polar surface area (TPSA) is 54.0 Å². The lowest BCUT2D eigenvalue weighted by Gasteiger charge is -2.11. The highest BCUT2D eigenvalue weighted by Crippen LogP contribution is 2.14. The van der Waals surface area contributed by atoms with Gasteiger partial charge in [-0.25, -0.2) is 9.37 Å². The van der Waals surface area contributed by atoms with Gasteiger partial charge in [-0.15, -0.1) is 0 Å². The molecule has 0 aliphatic rings. The van der Waals surface area contributed by atoms with Gasteiger partial charge in [0.1, 0.15) is 11.6 Å². The van der Waals surface area contributed by atoms with E-state index in [1.807, 2.05) is 6.92 Å². The Morgan fingerprint density at radius 2 is 2.10 bits per heavy atom. The van der Waals surface area contributed by atoms with Crippen LogP contribution in [-0.2, 0) is 0 Å². The highest BCUT2D eigenvalue weighted by Gasteiger charge is 2.13. The van der Waals surface area contributed by atoms with Gasteiger partial charge < -0.3 is 10.6 Å². The number of pyridine rings is 1. The predicted molar refractivity (Wildman–Crippen MR) is 84.0 cm³/mol. The van der Waals surface area contributed by atoms with E-state index in [0.29, 0.717) is 24.8 Å². The molecular formula is C16H26FN3O. The molecule has 0 aromatic carbocycles. The molecule has 1 amide bonds. The second-order valence-electron chi connectivity index (χ2n) is 5.62. The molecule has 0 fully saturated rings. The van der Waals surface area contributed by atoms with E-state index < -0.39 is 5.82 Å². The zero-order valence-electron chi connectivity index (χ0n) is 13.2. The van der Waals surface area contributed by atoms with Crippen molar-refractivity contribution in [2.45, 2.75) is 46.5 Å². The summed E-state index contributed by atoms with van der Waals surface area (Å²) in [5.74, 6) is 0.350. The SMILES string of the molecule is CCCNc1ncc(F)cc1C(=O)NCCCCC(C)C. The lowest BCUT2D eigenvalue weighted by Crippen LogP contribution is -2.26. The van der Waals surface area contributed by atoms with Crippen molar-refractivity contribution in [1.29, 1.82) is 0 Å². The van der Waals surface area contributed by atoms with Gasteiger partial charge in [-0.1, -0.05) is 33.6 Å². The maximum absolute atomic E-state index is 13.3. The number of hydrogen-bond acceptors (Lipinski definition) is 3. The van der Waals surface area contributed by atoms with Crippen LogP contribution in [0.3, 0.4) is 0 Å². The summed E-state index contributed by atoms with van der Waals surface area (Å²) in [7, 11) is 0. The number of halogens is 1. The van der Waals surface area contributed by atoms with Crippen molar-refractivity contribution >= 4 is 11.7 Å². The molecule has 1 rings (SSSR count). The molecule has 0 spiro atoms. The number of nitrogens with one attached hydrogen (secondary N) is 2. The zero-order valence-corrected chi connectivity index (χ0v) is 13.2. The summed E-state index contributed by atoms with van der Waals surface area (Å²) in [4.78, 5) is 16.1. The molecule has 0 bridgehead atoms. The van der Waals surface area contributed by atoms with Gasteiger partial charge in [-0.3, -0.25) is 4.79 Å². The summed E-state index contributed by atoms with van der Waals surface area (Å²) in [6.07, 6.45) is 5.21. The summed E-state index contributed by atoms with van der Waals surface area (Å²) in [6, 6.07) is 1.23. The molecule has 1 aromatic rings. The molecular weight excluding hydrogens is 269 g/mol. The molecule has 0 saturated heterocycles. The molecule has 0 aliphatic heterocycles. The molecule has 5 heteroatoms. The normalized spacial score (nSPS) is 10.7. The van der Waals surface area contributed by atoms with Gasteiger partial charge in [-0.2, -0.15) is 0 Å². The van der Waals surface area contributed by atoms with Crippen LogP contribution in [0.4, 0.5) is 10.2 Å². The van der Waals surface area contributed by atoms with Gasteiger partial charge in [0.15, 0.2) is 0 Å². The van der Waals surface area contributed by atoms with E-state index in [0.717, 1.165) is 31.9 Å². The summed E-state index contributed by atoms with van der Waals surface area (Å²) < 4.78 is 13.3. The van der Waals surface area contributed by atoms with Crippen LogP contribution in [0.15, 0.2) is 12.3 Å². The molecule has 1 heterocycles. The minimum atomic E-state index is -0.498. The second-order valence-corrected chi connectivity index (χ2v) is 5.62. The number of hydrogen-bond donors (Lipinski definition) is 2. The number of aromatic nitrogens is 1. The van der Waals surface area contributed by atoms with Crippen LogP contribution >= 0.6 is 0 Å². The molecule has 118 valence electrons. The van der Waals surface area contributed by atoms with Crippen molar-refractivity contribution in [3.8, 4) is 0 Å². The number of amides is 1. The van der Waals surface area contributed by atoms with Crippen LogP contribution in [0.25, 0.3) is 0 Å². The van der Waals surface area contributed by atoms with Gasteiger partial charge in [0, 0.05) is 13.1 Å². The van der Waals surface area contributed by atoms with Crippen LogP contribution in [0, 0.1) is 11.7 Å². The number of rotatable bonds is 9. The Kier molecular flexibility index (Phi) is 7.72. The highest BCUT2D eigenvalue weighted by atomic mass is 19.1. The van der Waals surface area contributed by atoms with Crippen molar-refractivity contribution in [1.82, 2.24) is 10.3 Å². The van der Waals surface area contributed by atoms with Gasteiger partial charge in [0.2, 0.25) is 0 Å². The number of anilines is 1.